The number of hydrogen-bond acceptors (Lipinski definition) is 16. The molecule has 0 saturated heterocycles. The third kappa shape index (κ3) is 15.4. The van der Waals surface area contributed by atoms with Crippen LogP contribution in [0.2, 0.25) is 0 Å². The Morgan fingerprint density at radius 1 is 0.576 bits per heavy atom. The molecule has 0 saturated carbocycles. The molecule has 0 atom stereocenters. The molecule has 0 aliphatic carbocycles. The summed E-state index contributed by atoms with van der Waals surface area (Å²) in [5, 5.41) is 0. The van der Waals surface area contributed by atoms with Gasteiger partial charge in [-0.2, -0.15) is 0 Å². The molecule has 16 heteroatoms. The summed E-state index contributed by atoms with van der Waals surface area (Å²) in [5.74, 6) is 0.781. The van der Waals surface area contributed by atoms with Gasteiger partial charge in [0.2, 0.25) is 17.5 Å². The van der Waals surface area contributed by atoms with Crippen molar-refractivity contribution in [3.63, 3.8) is 0 Å². The van der Waals surface area contributed by atoms with Gasteiger partial charge in [0.1, 0.15) is 3.41 Å². The van der Waals surface area contributed by atoms with E-state index in [1.165, 1.54) is 43.2 Å². The fraction of sp³-hybridized carbons (Fsp3) is 0.765. The Labute approximate surface area is 251 Å². The monoisotopic (exact) mass is 680 g/mol. The van der Waals surface area contributed by atoms with Gasteiger partial charge in [-0.05, 0) is 120 Å². The third-order valence-corrected chi connectivity index (χ3v) is 19.3. The molecule has 0 bridgehead atoms. The molecule has 0 fully saturated rings. The van der Waals surface area contributed by atoms with Gasteiger partial charge in [0.25, 0.3) is 0 Å². The van der Waals surface area contributed by atoms with Gasteiger partial charge >= 0.3 is 0 Å². The Bertz CT molecular complexity index is 576. The van der Waals surface area contributed by atoms with E-state index in [4.69, 9.17) is 67.8 Å². The van der Waals surface area contributed by atoms with E-state index in [0.29, 0.717) is 44.0 Å². The summed E-state index contributed by atoms with van der Waals surface area (Å²) in [6.45, 7) is 14.2. The second-order valence-corrected chi connectivity index (χ2v) is 18.5. The lowest BCUT2D eigenvalue weighted by Gasteiger charge is -2.43. The van der Waals surface area contributed by atoms with Crippen LogP contribution in [-0.2, 0) is 18.9 Å². The minimum atomic E-state index is -0.461. The van der Waals surface area contributed by atoms with E-state index in [1.807, 2.05) is 27.7 Å². The first-order valence-electron chi connectivity index (χ1n) is 9.60. The topological polar surface area (TPSA) is 36.9 Å². The van der Waals surface area contributed by atoms with Gasteiger partial charge in [-0.15, -0.1) is 0 Å². The van der Waals surface area contributed by atoms with Crippen LogP contribution in [0, 0.1) is 5.41 Å². The van der Waals surface area contributed by atoms with E-state index in [0.717, 1.165) is 5.75 Å². The number of ether oxygens (including phenoxy) is 4. The van der Waals surface area contributed by atoms with Crippen LogP contribution in [0.5, 0.6) is 0 Å². The third-order valence-electron chi connectivity index (χ3n) is 3.08. The fourth-order valence-electron chi connectivity index (χ4n) is 1.53. The number of hydrogen-bond donors (Lipinski definition) is 0. The van der Waals surface area contributed by atoms with Crippen molar-refractivity contribution in [3.05, 3.63) is 0 Å². The van der Waals surface area contributed by atoms with Gasteiger partial charge in [-0.25, -0.2) is 0 Å². The SMILES string of the molecule is CCOC(=S)SSCC(C)(C)C(SSC(=S)OCC)(SSC(=S)OCC)SSC(=S)OCC. The second kappa shape index (κ2) is 20.3. The van der Waals surface area contributed by atoms with Gasteiger partial charge in [0.15, 0.2) is 0 Å². The van der Waals surface area contributed by atoms with Gasteiger partial charge in [0, 0.05) is 11.2 Å². The van der Waals surface area contributed by atoms with E-state index in [1.54, 1.807) is 43.2 Å². The smallest absolute Gasteiger partial charge is 0.230 e. The summed E-state index contributed by atoms with van der Waals surface area (Å²) >= 11 is 21.4. The zero-order valence-electron chi connectivity index (χ0n) is 19.1. The zero-order valence-corrected chi connectivity index (χ0v) is 28.9. The highest BCUT2D eigenvalue weighted by Gasteiger charge is 2.49. The van der Waals surface area contributed by atoms with Crippen molar-refractivity contribution >= 4 is 153 Å². The van der Waals surface area contributed by atoms with Crippen molar-refractivity contribution in [1.29, 1.82) is 0 Å². The highest BCUT2D eigenvalue weighted by Crippen LogP contribution is 2.68. The second-order valence-electron chi connectivity index (χ2n) is 6.02. The molecule has 0 aliphatic rings. The molecule has 0 rings (SSSR count). The highest BCUT2D eigenvalue weighted by atomic mass is 33.2. The van der Waals surface area contributed by atoms with E-state index < -0.39 is 3.41 Å². The van der Waals surface area contributed by atoms with Crippen molar-refractivity contribution in [2.45, 2.75) is 45.0 Å². The van der Waals surface area contributed by atoms with Crippen molar-refractivity contribution in [1.82, 2.24) is 0 Å². The molecule has 0 aromatic carbocycles. The molecule has 192 valence electrons. The fourth-order valence-corrected chi connectivity index (χ4v) is 17.1. The van der Waals surface area contributed by atoms with Crippen molar-refractivity contribution in [2.24, 2.45) is 5.41 Å². The predicted octanol–water partition coefficient (Wildman–Crippen LogP) is 9.48. The molecule has 0 aliphatic heterocycles. The Kier molecular flexibility index (Phi) is 21.8. The molecule has 33 heavy (non-hydrogen) atoms. The first-order chi connectivity index (χ1) is 15.6. The maximum Gasteiger partial charge on any atom is 0.230 e. The highest BCUT2D eigenvalue weighted by molar-refractivity contribution is 8.99. The lowest BCUT2D eigenvalue weighted by molar-refractivity contribution is 0.346. The van der Waals surface area contributed by atoms with Crippen LogP contribution in [0.1, 0.15) is 41.5 Å². The van der Waals surface area contributed by atoms with Crippen molar-refractivity contribution in [3.8, 4) is 0 Å². The van der Waals surface area contributed by atoms with Crippen molar-refractivity contribution in [2.75, 3.05) is 32.2 Å². The number of rotatable bonds is 14. The standard InChI is InChI=1S/C17H28O4S12/c1-7-18-12(22)27-26-11-16(5,6)17(31-28-13(23)19-8-2,32-29-14(24)20-9-3)33-30-15(25)21-10-4/h7-11H2,1-6H3. The van der Waals surface area contributed by atoms with Crippen LogP contribution < -0.4 is 0 Å². The molecule has 0 amide bonds. The van der Waals surface area contributed by atoms with Gasteiger partial charge < -0.3 is 18.9 Å². The van der Waals surface area contributed by atoms with Crippen LogP contribution in [0.15, 0.2) is 0 Å². The molecule has 0 radical (unpaired) electrons. The zero-order chi connectivity index (χ0) is 25.3. The minimum absolute atomic E-state index is 0.245. The Balaban J connectivity index is 5.78. The summed E-state index contributed by atoms with van der Waals surface area (Å²) < 4.78 is 23.5. The molecule has 0 unspecified atom stereocenters. The number of thiocarbonyl (C=S) groups is 4. The maximum atomic E-state index is 5.52. The Morgan fingerprint density at radius 2 is 0.879 bits per heavy atom. The van der Waals surface area contributed by atoms with E-state index in [2.05, 4.69) is 13.8 Å². The van der Waals surface area contributed by atoms with Crippen LogP contribution >= 0.6 is 135 Å². The van der Waals surface area contributed by atoms with Crippen molar-refractivity contribution < 1.29 is 18.9 Å². The maximum absolute atomic E-state index is 5.52. The predicted molar refractivity (Wildman–Crippen MR) is 179 cm³/mol. The lowest BCUT2D eigenvalue weighted by Crippen LogP contribution is -2.36. The molecule has 0 aromatic heterocycles. The van der Waals surface area contributed by atoms with Crippen LogP contribution in [0.25, 0.3) is 0 Å². The van der Waals surface area contributed by atoms with Gasteiger partial charge in [-0.3, -0.25) is 0 Å². The minimum Gasteiger partial charge on any atom is -0.478 e. The van der Waals surface area contributed by atoms with E-state index in [9.17, 15) is 0 Å². The summed E-state index contributed by atoms with van der Waals surface area (Å²) in [7, 11) is 12.3. The van der Waals surface area contributed by atoms with Crippen LogP contribution in [0.3, 0.4) is 0 Å². The van der Waals surface area contributed by atoms with Crippen LogP contribution in [-0.4, -0.2) is 53.1 Å². The summed E-state index contributed by atoms with van der Waals surface area (Å²) in [4.78, 5) is 0. The molecule has 0 aromatic rings. The molecule has 0 spiro atoms. The van der Waals surface area contributed by atoms with E-state index >= 15 is 0 Å². The molecule has 0 N–H and O–H groups in total. The molecular formula is C17H28O4S12. The van der Waals surface area contributed by atoms with Gasteiger partial charge in [-0.1, -0.05) is 57.0 Å². The lowest BCUT2D eigenvalue weighted by atomic mass is 9.99. The molecule has 0 heterocycles. The quantitative estimate of drug-likeness (QED) is 0.0992. The largest absolute Gasteiger partial charge is 0.478 e. The average molecular weight is 681 g/mol. The van der Waals surface area contributed by atoms with Crippen LogP contribution in [0.4, 0.5) is 0 Å². The molecular weight excluding hydrogens is 653 g/mol. The summed E-state index contributed by atoms with van der Waals surface area (Å²) in [5.41, 5.74) is -0.245. The first kappa shape index (κ1) is 35.4. The normalized spacial score (nSPS) is 11.6. The summed E-state index contributed by atoms with van der Waals surface area (Å²) in [6, 6.07) is 0. The molecule has 4 nitrogen and oxygen atoms in total. The summed E-state index contributed by atoms with van der Waals surface area (Å²) in [6.07, 6.45) is 0. The Hall–Kier alpha value is 2.36. The van der Waals surface area contributed by atoms with Gasteiger partial charge in [0.05, 0.1) is 26.4 Å². The first-order valence-corrected chi connectivity index (χ1v) is 20.0. The average Bonchev–Trinajstić information content (AvgIpc) is 2.74. The Morgan fingerprint density at radius 3 is 1.18 bits per heavy atom. The van der Waals surface area contributed by atoms with E-state index in [-0.39, 0.29) is 5.41 Å².